The molecule has 1 N–H and O–H groups in total. The van der Waals surface area contributed by atoms with E-state index in [1.165, 1.54) is 17.7 Å². The van der Waals surface area contributed by atoms with Gasteiger partial charge in [-0.3, -0.25) is 4.79 Å². The van der Waals surface area contributed by atoms with Crippen LogP contribution in [0.15, 0.2) is 73.3 Å². The lowest BCUT2D eigenvalue weighted by molar-refractivity contribution is -0.137. The molecular weight excluding hydrogens is 461 g/mol. The fraction of sp³-hybridized carbons (Fsp3) is 0.300. The van der Waals surface area contributed by atoms with E-state index in [4.69, 9.17) is 0 Å². The fourth-order valence-electron chi connectivity index (χ4n) is 5.29. The van der Waals surface area contributed by atoms with Gasteiger partial charge in [0.2, 0.25) is 0 Å². The number of rotatable bonds is 7. The summed E-state index contributed by atoms with van der Waals surface area (Å²) in [5.74, 6) is 0.0290. The van der Waals surface area contributed by atoms with Gasteiger partial charge in [-0.15, -0.1) is 0 Å². The number of hydrogen-bond donors (Lipinski definition) is 1. The highest BCUT2D eigenvalue weighted by Crippen LogP contribution is 2.58. The molecule has 1 aliphatic carbocycles. The molecule has 0 amide bonds. The number of ketones is 1. The van der Waals surface area contributed by atoms with Crippen LogP contribution in [0, 0.1) is 0 Å². The van der Waals surface area contributed by atoms with Crippen LogP contribution >= 0.6 is 0 Å². The van der Waals surface area contributed by atoms with Gasteiger partial charge in [-0.2, -0.15) is 13.2 Å². The van der Waals surface area contributed by atoms with Crippen molar-refractivity contribution in [2.24, 2.45) is 0 Å². The van der Waals surface area contributed by atoms with Crippen LogP contribution in [0.25, 0.3) is 5.70 Å². The van der Waals surface area contributed by atoms with Gasteiger partial charge >= 0.3 is 6.18 Å². The Morgan fingerprint density at radius 3 is 2.42 bits per heavy atom. The van der Waals surface area contributed by atoms with E-state index in [0.29, 0.717) is 17.7 Å². The monoisotopic (exact) mass is 490 g/mol. The molecule has 5 rings (SSSR count). The van der Waals surface area contributed by atoms with E-state index in [2.05, 4.69) is 22.9 Å². The summed E-state index contributed by atoms with van der Waals surface area (Å²) in [6.45, 7) is 9.12. The molecule has 0 aromatic heterocycles. The van der Waals surface area contributed by atoms with Gasteiger partial charge in [-0.05, 0) is 55.5 Å². The fourth-order valence-corrected chi connectivity index (χ4v) is 5.29. The number of halogens is 3. The predicted molar refractivity (Wildman–Crippen MR) is 137 cm³/mol. The first-order valence-electron chi connectivity index (χ1n) is 12.2. The molecule has 0 saturated heterocycles. The Bertz CT molecular complexity index is 1320. The second-order valence-corrected chi connectivity index (χ2v) is 10.1. The van der Waals surface area contributed by atoms with Gasteiger partial charge in [0.1, 0.15) is 0 Å². The van der Waals surface area contributed by atoms with E-state index in [1.54, 1.807) is 13.0 Å². The summed E-state index contributed by atoms with van der Waals surface area (Å²) < 4.78 is 39.9. The van der Waals surface area contributed by atoms with Crippen molar-refractivity contribution in [2.75, 3.05) is 11.4 Å². The normalized spacial score (nSPS) is 16.5. The number of Topliss-reactive ketones (excluding diaryl/α,β-unsaturated/α-hetero) is 1. The van der Waals surface area contributed by atoms with Gasteiger partial charge in [-0.25, -0.2) is 0 Å². The lowest BCUT2D eigenvalue weighted by Crippen LogP contribution is -2.25. The molecule has 1 atom stereocenters. The molecule has 1 fully saturated rings. The first kappa shape index (κ1) is 24.2. The Balaban J connectivity index is 1.42. The smallest absolute Gasteiger partial charge is 0.378 e. The van der Waals surface area contributed by atoms with Crippen LogP contribution in [-0.4, -0.2) is 12.3 Å². The third-order valence-electron chi connectivity index (χ3n) is 7.43. The number of anilines is 1. The number of nitrogens with one attached hydrogen (secondary N) is 1. The van der Waals surface area contributed by atoms with E-state index in [1.807, 2.05) is 43.3 Å². The van der Waals surface area contributed by atoms with E-state index in [-0.39, 0.29) is 17.2 Å². The number of benzene rings is 3. The molecule has 0 radical (unpaired) electrons. The predicted octanol–water partition coefficient (Wildman–Crippen LogP) is 7.28. The quantitative estimate of drug-likeness (QED) is 0.353. The molecule has 186 valence electrons. The van der Waals surface area contributed by atoms with Crippen molar-refractivity contribution in [3.05, 3.63) is 107 Å². The Hall–Kier alpha value is -3.54. The Morgan fingerprint density at radius 1 is 1.08 bits per heavy atom. The summed E-state index contributed by atoms with van der Waals surface area (Å²) in [5.41, 5.74) is 5.86. The summed E-state index contributed by atoms with van der Waals surface area (Å²) in [5, 5.41) is 3.50. The highest BCUT2D eigenvalue weighted by molar-refractivity contribution is 5.94. The molecule has 1 heterocycles. The molecule has 1 unspecified atom stereocenters. The molecular formula is C30H29F3N2O. The molecule has 36 heavy (non-hydrogen) atoms. The summed E-state index contributed by atoms with van der Waals surface area (Å²) in [7, 11) is 0. The van der Waals surface area contributed by atoms with Gasteiger partial charge in [0, 0.05) is 41.4 Å². The van der Waals surface area contributed by atoms with Crippen molar-refractivity contribution < 1.29 is 18.0 Å². The number of para-hydroxylation sites is 1. The van der Waals surface area contributed by atoms with Crippen LogP contribution in [0.4, 0.5) is 18.9 Å². The zero-order chi connectivity index (χ0) is 25.7. The lowest BCUT2D eigenvalue weighted by Gasteiger charge is -2.25. The second kappa shape index (κ2) is 8.84. The SMILES string of the molecule is C=C(NC(C)c1ccc(C(C)=O)cc1)c1cccc2c1N(Cc1cccc(C(F)(F)F)c1)CC21CC1. The van der Waals surface area contributed by atoms with Crippen LogP contribution in [0.1, 0.15) is 70.9 Å². The van der Waals surface area contributed by atoms with E-state index >= 15 is 0 Å². The molecule has 1 spiro atoms. The lowest BCUT2D eigenvalue weighted by atomic mass is 9.95. The van der Waals surface area contributed by atoms with Gasteiger partial charge in [0.25, 0.3) is 0 Å². The number of fused-ring (bicyclic) bond motifs is 2. The minimum absolute atomic E-state index is 0.0290. The van der Waals surface area contributed by atoms with Gasteiger partial charge in [-0.1, -0.05) is 61.2 Å². The molecule has 1 aliphatic heterocycles. The molecule has 3 nitrogen and oxygen atoms in total. The summed E-state index contributed by atoms with van der Waals surface area (Å²) in [6.07, 6.45) is -2.19. The van der Waals surface area contributed by atoms with E-state index in [0.717, 1.165) is 48.0 Å². The van der Waals surface area contributed by atoms with Crippen LogP contribution in [0.3, 0.4) is 0 Å². The molecule has 0 bridgehead atoms. The summed E-state index contributed by atoms with van der Waals surface area (Å²) >= 11 is 0. The summed E-state index contributed by atoms with van der Waals surface area (Å²) in [6, 6.07) is 19.3. The van der Waals surface area contributed by atoms with Crippen LogP contribution in [0.2, 0.25) is 0 Å². The van der Waals surface area contributed by atoms with Crippen molar-refractivity contribution in [3.8, 4) is 0 Å². The maximum Gasteiger partial charge on any atom is 0.416 e. The largest absolute Gasteiger partial charge is 0.416 e. The van der Waals surface area contributed by atoms with Gasteiger partial charge in [0.05, 0.1) is 11.3 Å². The van der Waals surface area contributed by atoms with E-state index < -0.39 is 11.7 Å². The number of nitrogens with zero attached hydrogens (tertiary/aromatic N) is 1. The topological polar surface area (TPSA) is 32.3 Å². The standard InChI is InChI=1S/C30H29F3N2O/c1-19(23-10-12-24(13-11-23)21(3)36)34-20(2)26-8-5-9-27-28(26)35(18-29(27)14-15-29)17-22-6-4-7-25(16-22)30(31,32)33/h4-13,16,19,34H,2,14-15,17-18H2,1,3H3. The average Bonchev–Trinajstić information content (AvgIpc) is 3.56. The van der Waals surface area contributed by atoms with Crippen LogP contribution < -0.4 is 10.2 Å². The number of hydrogen-bond acceptors (Lipinski definition) is 3. The van der Waals surface area contributed by atoms with Crippen molar-refractivity contribution in [3.63, 3.8) is 0 Å². The minimum Gasteiger partial charge on any atom is -0.378 e. The zero-order valence-corrected chi connectivity index (χ0v) is 20.5. The van der Waals surface area contributed by atoms with Crippen molar-refractivity contribution in [1.82, 2.24) is 5.32 Å². The molecule has 1 saturated carbocycles. The number of alkyl halides is 3. The minimum atomic E-state index is -4.36. The Morgan fingerprint density at radius 2 is 1.78 bits per heavy atom. The zero-order valence-electron chi connectivity index (χ0n) is 20.5. The van der Waals surface area contributed by atoms with Gasteiger partial charge in [0.15, 0.2) is 5.78 Å². The van der Waals surface area contributed by atoms with Gasteiger partial charge < -0.3 is 10.2 Å². The third kappa shape index (κ3) is 4.52. The number of carbonyl (C=O) groups is 1. The Labute approximate surface area is 209 Å². The second-order valence-electron chi connectivity index (χ2n) is 10.1. The highest BCUT2D eigenvalue weighted by atomic mass is 19.4. The summed E-state index contributed by atoms with van der Waals surface area (Å²) in [4.78, 5) is 13.8. The first-order chi connectivity index (χ1) is 17.1. The average molecular weight is 491 g/mol. The Kier molecular flexibility index (Phi) is 5.93. The van der Waals surface area contributed by atoms with Crippen molar-refractivity contribution in [2.45, 2.75) is 50.9 Å². The van der Waals surface area contributed by atoms with Crippen LogP contribution in [-0.2, 0) is 18.1 Å². The van der Waals surface area contributed by atoms with Crippen molar-refractivity contribution in [1.29, 1.82) is 0 Å². The molecule has 3 aromatic carbocycles. The van der Waals surface area contributed by atoms with Crippen LogP contribution in [0.5, 0.6) is 0 Å². The third-order valence-corrected chi connectivity index (χ3v) is 7.43. The first-order valence-corrected chi connectivity index (χ1v) is 12.2. The molecule has 6 heteroatoms. The maximum atomic E-state index is 13.3. The number of carbonyl (C=O) groups excluding carboxylic acids is 1. The molecule has 3 aromatic rings. The molecule has 2 aliphatic rings. The maximum absolute atomic E-state index is 13.3. The highest BCUT2D eigenvalue weighted by Gasteiger charge is 2.52. The van der Waals surface area contributed by atoms with E-state index in [9.17, 15) is 18.0 Å². The van der Waals surface area contributed by atoms with Crippen molar-refractivity contribution >= 4 is 17.2 Å².